The van der Waals surface area contributed by atoms with E-state index in [1.807, 2.05) is 0 Å². The van der Waals surface area contributed by atoms with Gasteiger partial charge in [-0.2, -0.15) is 0 Å². The van der Waals surface area contributed by atoms with Gasteiger partial charge in [-0.3, -0.25) is 0 Å². The van der Waals surface area contributed by atoms with Gasteiger partial charge in [0.15, 0.2) is 0 Å². The summed E-state index contributed by atoms with van der Waals surface area (Å²) >= 11 is 0. The SMILES string of the molecule is CC1(C)c2ccccc2C2(c3cc(-c4ccc(-c5ccc(N(c6ccccc6)c6ccccc6)cc5)cc4)ccc3C3C=CC=CC32)c2ccccc21. The van der Waals surface area contributed by atoms with Gasteiger partial charge in [0, 0.05) is 34.3 Å². The number of allylic oxidation sites excluding steroid dienone is 4. The number of benzene rings is 7. The van der Waals surface area contributed by atoms with E-state index in [2.05, 4.69) is 219 Å². The summed E-state index contributed by atoms with van der Waals surface area (Å²) in [5.41, 5.74) is 16.6. The highest BCUT2D eigenvalue weighted by atomic mass is 15.1. The maximum absolute atomic E-state index is 2.52. The second kappa shape index (κ2) is 12.2. The highest BCUT2D eigenvalue weighted by Crippen LogP contribution is 2.64. The number of hydrogen-bond acceptors (Lipinski definition) is 1. The number of nitrogens with zero attached hydrogens (tertiary/aromatic N) is 1. The Hall–Kier alpha value is -6.18. The molecule has 1 heteroatoms. The van der Waals surface area contributed by atoms with Crippen LogP contribution in [0.5, 0.6) is 0 Å². The summed E-state index contributed by atoms with van der Waals surface area (Å²) in [6, 6.07) is 65.0. The molecular formula is C52H41N. The Kier molecular flexibility index (Phi) is 7.27. The fraction of sp³-hybridized carbons (Fsp3) is 0.115. The van der Waals surface area contributed by atoms with Crippen molar-refractivity contribution in [1.29, 1.82) is 0 Å². The molecule has 3 aliphatic rings. The third kappa shape index (κ3) is 4.77. The van der Waals surface area contributed by atoms with Crippen molar-refractivity contribution < 1.29 is 0 Å². The van der Waals surface area contributed by atoms with Crippen molar-refractivity contribution in [3.05, 3.63) is 234 Å². The summed E-state index contributed by atoms with van der Waals surface area (Å²) in [5, 5.41) is 0. The lowest BCUT2D eigenvalue weighted by molar-refractivity contribution is 0.420. The molecule has 0 fully saturated rings. The molecule has 1 spiro atoms. The van der Waals surface area contributed by atoms with E-state index in [9.17, 15) is 0 Å². The molecule has 0 amide bonds. The van der Waals surface area contributed by atoms with E-state index in [1.165, 1.54) is 55.6 Å². The standard InChI is InChI=1S/C52H41N/c1-51(2)46-21-11-13-23-48(46)52(49-24-14-12-22-47(49)51)45-20-10-9-19-43(45)44-34-31-39(35-50(44)52)38-27-25-36(26-28-38)37-29-32-42(33-30-37)53(40-15-5-3-6-16-40)41-17-7-4-8-18-41/h3-35,43,45H,1-2H3. The quantitative estimate of drug-likeness (QED) is 0.175. The molecule has 2 unspecified atom stereocenters. The molecule has 0 radical (unpaired) electrons. The van der Waals surface area contributed by atoms with E-state index in [0.717, 1.165) is 17.1 Å². The molecule has 0 aromatic heterocycles. The highest BCUT2D eigenvalue weighted by molar-refractivity contribution is 5.80. The topological polar surface area (TPSA) is 3.24 Å². The fourth-order valence-electron chi connectivity index (χ4n) is 9.81. The van der Waals surface area contributed by atoms with Crippen molar-refractivity contribution >= 4 is 17.1 Å². The molecule has 0 saturated heterocycles. The lowest BCUT2D eigenvalue weighted by Crippen LogP contribution is -2.44. The summed E-state index contributed by atoms with van der Waals surface area (Å²) in [6.45, 7) is 4.80. The van der Waals surface area contributed by atoms with E-state index < -0.39 is 0 Å². The normalized spacial score (nSPS) is 18.2. The first-order valence-corrected chi connectivity index (χ1v) is 18.9. The second-order valence-electron chi connectivity index (χ2n) is 15.3. The Morgan fingerprint density at radius 2 is 0.830 bits per heavy atom. The summed E-state index contributed by atoms with van der Waals surface area (Å²) in [4.78, 5) is 2.30. The Balaban J connectivity index is 1.04. The molecule has 0 aliphatic heterocycles. The maximum atomic E-state index is 2.52. The number of hydrogen-bond donors (Lipinski definition) is 0. The van der Waals surface area contributed by atoms with Crippen molar-refractivity contribution in [3.63, 3.8) is 0 Å². The minimum atomic E-state index is -0.269. The number of rotatable bonds is 5. The second-order valence-corrected chi connectivity index (χ2v) is 15.3. The molecule has 0 N–H and O–H groups in total. The van der Waals surface area contributed by atoms with E-state index in [0.29, 0.717) is 11.8 Å². The van der Waals surface area contributed by atoms with Gasteiger partial charge in [0.2, 0.25) is 0 Å². The average molecular weight is 680 g/mol. The summed E-state index contributed by atoms with van der Waals surface area (Å²) < 4.78 is 0. The van der Waals surface area contributed by atoms with Gasteiger partial charge >= 0.3 is 0 Å². The number of anilines is 3. The number of para-hydroxylation sites is 2. The molecule has 7 aromatic rings. The van der Waals surface area contributed by atoms with Crippen molar-refractivity contribution in [2.24, 2.45) is 5.92 Å². The van der Waals surface area contributed by atoms with Gasteiger partial charge in [-0.05, 0) is 98.1 Å². The molecular weight excluding hydrogens is 639 g/mol. The molecule has 0 saturated carbocycles. The van der Waals surface area contributed by atoms with Crippen LogP contribution in [0, 0.1) is 5.92 Å². The predicted octanol–water partition coefficient (Wildman–Crippen LogP) is 13.3. The molecule has 10 rings (SSSR count). The Bertz CT molecular complexity index is 2430. The summed E-state index contributed by atoms with van der Waals surface area (Å²) in [6.07, 6.45) is 9.43. The predicted molar refractivity (Wildman–Crippen MR) is 221 cm³/mol. The van der Waals surface area contributed by atoms with E-state index in [-0.39, 0.29) is 10.8 Å². The summed E-state index contributed by atoms with van der Waals surface area (Å²) in [5.74, 6) is 0.637. The van der Waals surface area contributed by atoms with E-state index >= 15 is 0 Å². The zero-order valence-corrected chi connectivity index (χ0v) is 30.2. The van der Waals surface area contributed by atoms with Crippen LogP contribution in [0.25, 0.3) is 22.3 Å². The van der Waals surface area contributed by atoms with Crippen LogP contribution >= 0.6 is 0 Å². The molecule has 1 nitrogen and oxygen atoms in total. The molecule has 53 heavy (non-hydrogen) atoms. The first kappa shape index (κ1) is 31.5. The Morgan fingerprint density at radius 1 is 0.396 bits per heavy atom. The number of fused-ring (bicyclic) bond motifs is 9. The monoisotopic (exact) mass is 679 g/mol. The van der Waals surface area contributed by atoms with Crippen molar-refractivity contribution in [2.45, 2.75) is 30.6 Å². The van der Waals surface area contributed by atoms with Gasteiger partial charge in [-0.1, -0.05) is 172 Å². The first-order valence-electron chi connectivity index (χ1n) is 18.9. The lowest BCUT2D eigenvalue weighted by Gasteiger charge is -2.49. The summed E-state index contributed by atoms with van der Waals surface area (Å²) in [7, 11) is 0. The van der Waals surface area contributed by atoms with Gasteiger partial charge in [0.05, 0.1) is 5.41 Å². The third-order valence-corrected chi connectivity index (χ3v) is 12.2. The third-order valence-electron chi connectivity index (χ3n) is 12.2. The van der Waals surface area contributed by atoms with Crippen LogP contribution in [0.1, 0.15) is 53.1 Å². The highest BCUT2D eigenvalue weighted by Gasteiger charge is 2.57. The minimum Gasteiger partial charge on any atom is -0.311 e. The van der Waals surface area contributed by atoms with E-state index in [1.54, 1.807) is 0 Å². The smallest absolute Gasteiger partial charge is 0.0531 e. The van der Waals surface area contributed by atoms with Crippen molar-refractivity contribution in [1.82, 2.24) is 0 Å². The van der Waals surface area contributed by atoms with Crippen LogP contribution < -0.4 is 4.90 Å². The minimum absolute atomic E-state index is 0.0854. The van der Waals surface area contributed by atoms with Gasteiger partial charge in [0.25, 0.3) is 0 Å². The molecule has 3 aliphatic carbocycles. The van der Waals surface area contributed by atoms with Crippen LogP contribution in [-0.2, 0) is 10.8 Å². The lowest BCUT2D eigenvalue weighted by atomic mass is 9.53. The van der Waals surface area contributed by atoms with Gasteiger partial charge in [-0.15, -0.1) is 0 Å². The molecule has 0 heterocycles. The molecule has 2 atom stereocenters. The van der Waals surface area contributed by atoms with Crippen LogP contribution in [-0.4, -0.2) is 0 Å². The molecule has 7 aromatic carbocycles. The zero-order valence-electron chi connectivity index (χ0n) is 30.2. The van der Waals surface area contributed by atoms with Crippen molar-refractivity contribution in [3.8, 4) is 22.3 Å². The Morgan fingerprint density at radius 3 is 1.40 bits per heavy atom. The van der Waals surface area contributed by atoms with Crippen LogP contribution in [0.2, 0.25) is 0 Å². The van der Waals surface area contributed by atoms with Gasteiger partial charge in [-0.25, -0.2) is 0 Å². The van der Waals surface area contributed by atoms with Crippen molar-refractivity contribution in [2.75, 3.05) is 4.90 Å². The van der Waals surface area contributed by atoms with Crippen LogP contribution in [0.15, 0.2) is 200 Å². The zero-order chi connectivity index (χ0) is 35.6. The molecule has 254 valence electrons. The Labute approximate surface area is 313 Å². The van der Waals surface area contributed by atoms with Crippen LogP contribution in [0.4, 0.5) is 17.1 Å². The fourth-order valence-corrected chi connectivity index (χ4v) is 9.81. The maximum Gasteiger partial charge on any atom is 0.0531 e. The average Bonchev–Trinajstić information content (AvgIpc) is 3.52. The van der Waals surface area contributed by atoms with Gasteiger partial charge < -0.3 is 4.90 Å². The first-order chi connectivity index (χ1) is 26.0. The molecule has 0 bridgehead atoms. The van der Waals surface area contributed by atoms with E-state index in [4.69, 9.17) is 0 Å². The van der Waals surface area contributed by atoms with Crippen LogP contribution in [0.3, 0.4) is 0 Å². The largest absolute Gasteiger partial charge is 0.311 e. The van der Waals surface area contributed by atoms with Gasteiger partial charge in [0.1, 0.15) is 0 Å².